The molecule has 7 heteroatoms. The van der Waals surface area contributed by atoms with Crippen LogP contribution in [0.2, 0.25) is 0 Å². The first-order valence-electron chi connectivity index (χ1n) is 5.44. The van der Waals surface area contributed by atoms with Crippen LogP contribution in [0.25, 0.3) is 0 Å². The average molecular weight is 287 g/mol. The monoisotopic (exact) mass is 287 g/mol. The molecule has 0 N–H and O–H groups in total. The molecule has 0 rings (SSSR count). The molecule has 0 spiro atoms. The molecule has 0 radical (unpaired) electrons. The maximum Gasteiger partial charge on any atom is 2.00 e. The Balaban J connectivity index is -0.000000277. The minimum Gasteiger partial charge on any atom is -0.848 e. The quantitative estimate of drug-likeness (QED) is 0.376. The Morgan fingerprint density at radius 1 is 1.11 bits per heavy atom. The molecule has 0 aromatic heterocycles. The summed E-state index contributed by atoms with van der Waals surface area (Å²) in [5.74, 6) is -2.23. The van der Waals surface area contributed by atoms with Gasteiger partial charge in [0.25, 0.3) is 0 Å². The summed E-state index contributed by atoms with van der Waals surface area (Å²) in [6.45, 7) is 2.11. The van der Waals surface area contributed by atoms with E-state index in [0.29, 0.717) is 17.4 Å². The minimum absolute atomic E-state index is 0. The molecule has 0 bridgehead atoms. The number of carbonyl (C=O) groups is 2. The number of aliphatic carboxylic acids is 2. The second kappa shape index (κ2) is 12.2. The molecule has 0 aromatic rings. The van der Waals surface area contributed by atoms with Gasteiger partial charge < -0.3 is 29.4 Å². The number of hydrogen-bond acceptors (Lipinski definition) is 5. The predicted molar refractivity (Wildman–Crippen MR) is 62.0 cm³/mol. The van der Waals surface area contributed by atoms with Crippen LogP contribution in [0, 0.1) is 0 Å². The first-order valence-corrected chi connectivity index (χ1v) is 5.44. The number of carbonyl (C=O) groups excluding carboxylic acids is 2. The molecule has 1 unspecified atom stereocenters. The van der Waals surface area contributed by atoms with Gasteiger partial charge in [0.05, 0.1) is 27.7 Å². The number of rotatable bonds is 6. The molecule has 0 heterocycles. The molecule has 102 valence electrons. The van der Waals surface area contributed by atoms with Crippen molar-refractivity contribution in [3.8, 4) is 0 Å². The van der Waals surface area contributed by atoms with Crippen molar-refractivity contribution in [1.82, 2.24) is 0 Å². The van der Waals surface area contributed by atoms with Gasteiger partial charge in [-0.15, -0.1) is 0 Å². The molecule has 0 amide bonds. The first-order chi connectivity index (χ1) is 7.58. The van der Waals surface area contributed by atoms with Crippen LogP contribution in [0.4, 0.5) is 0 Å². The van der Waals surface area contributed by atoms with Crippen molar-refractivity contribution in [2.24, 2.45) is 0 Å². The largest absolute Gasteiger partial charge is 2.00 e. The van der Waals surface area contributed by atoms with Crippen LogP contribution in [0.15, 0.2) is 0 Å². The molecule has 0 aliphatic carbocycles. The van der Waals surface area contributed by atoms with Gasteiger partial charge in [-0.1, -0.05) is 19.4 Å². The van der Waals surface area contributed by atoms with Crippen LogP contribution in [0.5, 0.6) is 0 Å². The third-order valence-electron chi connectivity index (χ3n) is 1.60. The van der Waals surface area contributed by atoms with Crippen molar-refractivity contribution in [3.05, 3.63) is 0 Å². The normalized spacial score (nSPS) is 11.6. The van der Waals surface area contributed by atoms with Crippen LogP contribution >= 0.6 is 0 Å². The van der Waals surface area contributed by atoms with Gasteiger partial charge in [-0.25, -0.2) is 0 Å². The Hall–Kier alpha value is 0.120. The molecular formula is C11H21CaNO5. The van der Waals surface area contributed by atoms with E-state index in [1.165, 1.54) is 0 Å². The Kier molecular flexibility index (Phi) is 15.7. The number of carboxylic acid groups (broad SMARTS) is 2. The molecule has 0 saturated heterocycles. The van der Waals surface area contributed by atoms with E-state index in [4.69, 9.17) is 0 Å². The molecule has 0 aliphatic heterocycles. The first kappa shape index (κ1) is 23.2. The molecule has 0 fully saturated rings. The van der Waals surface area contributed by atoms with Gasteiger partial charge in [0, 0.05) is 11.9 Å². The summed E-state index contributed by atoms with van der Waals surface area (Å²) >= 11 is 0. The zero-order chi connectivity index (χ0) is 14.1. The van der Waals surface area contributed by atoms with Gasteiger partial charge in [0.2, 0.25) is 0 Å². The fourth-order valence-corrected chi connectivity index (χ4v) is 1.07. The Labute approximate surface area is 138 Å². The van der Waals surface area contributed by atoms with Crippen LogP contribution < -0.4 is 15.3 Å². The fraction of sp³-hybridized carbons (Fsp3) is 0.818. The summed E-state index contributed by atoms with van der Waals surface area (Å²) in [5, 5.41) is 30.4. The van der Waals surface area contributed by atoms with Gasteiger partial charge in [-0.3, -0.25) is 0 Å². The summed E-state index contributed by atoms with van der Waals surface area (Å²) in [7, 11) is 5.54. The van der Waals surface area contributed by atoms with Crippen LogP contribution in [0.1, 0.15) is 26.2 Å². The average Bonchev–Trinajstić information content (AvgIpc) is 1.97. The summed E-state index contributed by atoms with van der Waals surface area (Å²) in [5.41, 5.74) is 0. The smallest absolute Gasteiger partial charge is 0.848 e. The van der Waals surface area contributed by atoms with Gasteiger partial charge in [0.1, 0.15) is 0 Å². The van der Waals surface area contributed by atoms with E-state index in [2.05, 4.69) is 0 Å². The standard InChI is InChI=1S/C7H15NO3.C4H8O2.Ca/c1-8(2,3)5-6(9)4-7(10)11;1-2-3-4(5)6;/h6H,4-5H2,1-3H3,(H,10,11);2-3H2,1H3,(H,5,6);/q;;+2/p-2. The van der Waals surface area contributed by atoms with Crippen LogP contribution in [-0.4, -0.2) is 88.0 Å². The van der Waals surface area contributed by atoms with Crippen molar-refractivity contribution in [2.45, 2.75) is 32.3 Å². The van der Waals surface area contributed by atoms with E-state index in [0.717, 1.165) is 0 Å². The summed E-state index contributed by atoms with van der Waals surface area (Å²) in [6.07, 6.45) is -0.599. The van der Waals surface area contributed by atoms with Crippen molar-refractivity contribution < 1.29 is 29.4 Å². The van der Waals surface area contributed by atoms with Gasteiger partial charge in [0.15, 0.2) is 0 Å². The zero-order valence-corrected chi connectivity index (χ0v) is 13.8. The minimum atomic E-state index is -1.27. The number of likely N-dealkylation sites (N-methyl/N-ethyl adjacent to an activating group) is 1. The fourth-order valence-electron chi connectivity index (χ4n) is 1.07. The number of quaternary nitrogens is 1. The number of nitrogens with zero attached hydrogens (tertiary/aromatic N) is 1. The van der Waals surface area contributed by atoms with E-state index in [9.17, 15) is 24.9 Å². The second-order valence-electron chi connectivity index (χ2n) is 4.79. The topological polar surface area (TPSA) is 103 Å². The molecular weight excluding hydrogens is 266 g/mol. The third kappa shape index (κ3) is 25.1. The van der Waals surface area contributed by atoms with Gasteiger partial charge >= 0.3 is 37.7 Å². The third-order valence-corrected chi connectivity index (χ3v) is 1.60. The molecule has 0 aromatic carbocycles. The number of carboxylic acids is 2. The van der Waals surface area contributed by atoms with Crippen molar-refractivity contribution in [1.29, 1.82) is 0 Å². The van der Waals surface area contributed by atoms with E-state index in [1.54, 1.807) is 6.92 Å². The van der Waals surface area contributed by atoms with E-state index < -0.39 is 24.5 Å². The van der Waals surface area contributed by atoms with Crippen LogP contribution in [-0.2, 0) is 9.59 Å². The number of hydrogen-bond donors (Lipinski definition) is 0. The maximum absolute atomic E-state index is 10.9. The summed E-state index contributed by atoms with van der Waals surface area (Å²) < 4.78 is 0.488. The van der Waals surface area contributed by atoms with Crippen molar-refractivity contribution in [3.63, 3.8) is 0 Å². The van der Waals surface area contributed by atoms with Crippen LogP contribution in [0.3, 0.4) is 0 Å². The maximum atomic E-state index is 10.9. The van der Waals surface area contributed by atoms with Crippen molar-refractivity contribution >= 4 is 49.7 Å². The molecule has 0 saturated carbocycles. The second-order valence-corrected chi connectivity index (χ2v) is 4.79. The van der Waals surface area contributed by atoms with E-state index in [-0.39, 0.29) is 44.2 Å². The summed E-state index contributed by atoms with van der Waals surface area (Å²) in [4.78, 5) is 19.5. The van der Waals surface area contributed by atoms with E-state index in [1.807, 2.05) is 21.1 Å². The molecule has 18 heavy (non-hydrogen) atoms. The van der Waals surface area contributed by atoms with Crippen molar-refractivity contribution in [2.75, 3.05) is 27.7 Å². The predicted octanol–water partition coefficient (Wildman–Crippen LogP) is -3.28. The molecule has 6 nitrogen and oxygen atoms in total. The summed E-state index contributed by atoms with van der Waals surface area (Å²) in [6, 6.07) is 0. The van der Waals surface area contributed by atoms with Gasteiger partial charge in [-0.2, -0.15) is 0 Å². The Morgan fingerprint density at radius 2 is 1.56 bits per heavy atom. The SMILES string of the molecule is CCCC(=O)[O-].C[N+](C)(C)CC([O-])CC(=O)[O-].[Ca+2]. The zero-order valence-electron chi connectivity index (χ0n) is 11.6. The molecule has 0 aliphatic rings. The van der Waals surface area contributed by atoms with Gasteiger partial charge in [-0.05, 0) is 12.8 Å². The van der Waals surface area contributed by atoms with E-state index >= 15 is 0 Å². The Morgan fingerprint density at radius 3 is 1.72 bits per heavy atom. The molecule has 1 atom stereocenters. The Bertz CT molecular complexity index is 240.